The summed E-state index contributed by atoms with van der Waals surface area (Å²) in [6, 6.07) is 2.72. The van der Waals surface area contributed by atoms with Gasteiger partial charge in [-0.3, -0.25) is 9.59 Å². The number of carbonyl (C=O) groups excluding carboxylic acids is 2. The fourth-order valence-corrected chi connectivity index (χ4v) is 4.48. The molecule has 140 valence electrons. The SMILES string of the molecule is CC(C)CNC(=O)COC(=O)CNS(=O)(=O)c1c(Cl)cc(Br)cc1Cl. The van der Waals surface area contributed by atoms with Gasteiger partial charge in [0.2, 0.25) is 10.0 Å². The number of benzene rings is 1. The fraction of sp³-hybridized carbons (Fsp3) is 0.429. The van der Waals surface area contributed by atoms with E-state index in [1.165, 1.54) is 12.1 Å². The standard InChI is InChI=1S/C14H17BrCl2N2O5S/c1-8(2)5-18-12(20)7-24-13(21)6-19-25(22,23)14-10(16)3-9(15)4-11(14)17/h3-4,8,19H,5-7H2,1-2H3,(H,18,20). The third kappa shape index (κ3) is 7.49. The molecule has 0 aliphatic heterocycles. The maximum Gasteiger partial charge on any atom is 0.321 e. The van der Waals surface area contributed by atoms with Crippen molar-refractivity contribution in [2.24, 2.45) is 5.92 Å². The number of halogens is 3. The lowest BCUT2D eigenvalue weighted by Gasteiger charge is -2.11. The second kappa shape index (κ2) is 9.72. The predicted octanol–water partition coefficient (Wildman–Crippen LogP) is 2.35. The number of hydrogen-bond acceptors (Lipinski definition) is 5. The molecular formula is C14H17BrCl2N2O5S. The van der Waals surface area contributed by atoms with Crippen LogP contribution >= 0.6 is 39.1 Å². The number of rotatable bonds is 8. The van der Waals surface area contributed by atoms with Gasteiger partial charge in [0, 0.05) is 11.0 Å². The zero-order chi connectivity index (χ0) is 19.2. The second-order valence-corrected chi connectivity index (χ2v) is 8.82. The number of esters is 1. The van der Waals surface area contributed by atoms with E-state index < -0.39 is 35.1 Å². The molecule has 2 N–H and O–H groups in total. The molecule has 0 aliphatic carbocycles. The van der Waals surface area contributed by atoms with Crippen LogP contribution in [0.15, 0.2) is 21.5 Å². The van der Waals surface area contributed by atoms with E-state index >= 15 is 0 Å². The lowest BCUT2D eigenvalue weighted by atomic mass is 10.2. The minimum Gasteiger partial charge on any atom is -0.455 e. The Hall–Kier alpha value is -0.870. The van der Waals surface area contributed by atoms with Gasteiger partial charge in [0.15, 0.2) is 6.61 Å². The molecule has 0 saturated heterocycles. The minimum atomic E-state index is -4.13. The highest BCUT2D eigenvalue weighted by Crippen LogP contribution is 2.32. The van der Waals surface area contributed by atoms with E-state index in [-0.39, 0.29) is 20.9 Å². The van der Waals surface area contributed by atoms with Gasteiger partial charge in [-0.25, -0.2) is 8.42 Å². The van der Waals surface area contributed by atoms with Crippen molar-refractivity contribution in [3.8, 4) is 0 Å². The van der Waals surface area contributed by atoms with Crippen LogP contribution in [-0.2, 0) is 24.3 Å². The Morgan fingerprint density at radius 3 is 2.32 bits per heavy atom. The van der Waals surface area contributed by atoms with Crippen molar-refractivity contribution in [3.63, 3.8) is 0 Å². The summed E-state index contributed by atoms with van der Waals surface area (Å²) in [5.41, 5.74) is 0. The Morgan fingerprint density at radius 1 is 1.24 bits per heavy atom. The van der Waals surface area contributed by atoms with Crippen LogP contribution in [0.3, 0.4) is 0 Å². The van der Waals surface area contributed by atoms with Gasteiger partial charge in [0.1, 0.15) is 11.4 Å². The molecule has 0 saturated carbocycles. The largest absolute Gasteiger partial charge is 0.455 e. The molecule has 0 fully saturated rings. The normalized spacial score (nSPS) is 11.4. The van der Waals surface area contributed by atoms with Crippen LogP contribution in [0.25, 0.3) is 0 Å². The van der Waals surface area contributed by atoms with Crippen molar-refractivity contribution >= 4 is 61.0 Å². The van der Waals surface area contributed by atoms with Crippen molar-refractivity contribution in [2.75, 3.05) is 19.7 Å². The van der Waals surface area contributed by atoms with Crippen molar-refractivity contribution in [2.45, 2.75) is 18.7 Å². The summed E-state index contributed by atoms with van der Waals surface area (Å²) in [5.74, 6) is -1.12. The number of ether oxygens (including phenoxy) is 1. The molecule has 0 spiro atoms. The van der Waals surface area contributed by atoms with Crippen LogP contribution in [-0.4, -0.2) is 40.0 Å². The molecule has 25 heavy (non-hydrogen) atoms. The van der Waals surface area contributed by atoms with Crippen LogP contribution in [0.2, 0.25) is 10.0 Å². The lowest BCUT2D eigenvalue weighted by molar-refractivity contribution is -0.147. The highest BCUT2D eigenvalue weighted by Gasteiger charge is 2.23. The predicted molar refractivity (Wildman–Crippen MR) is 98.2 cm³/mol. The summed E-state index contributed by atoms with van der Waals surface area (Å²) in [4.78, 5) is 22.7. The van der Waals surface area contributed by atoms with E-state index in [0.717, 1.165) is 0 Å². The summed E-state index contributed by atoms with van der Waals surface area (Å²) >= 11 is 14.9. The average molecular weight is 476 g/mol. The van der Waals surface area contributed by atoms with Gasteiger partial charge in [-0.15, -0.1) is 0 Å². The van der Waals surface area contributed by atoms with Crippen LogP contribution in [0.4, 0.5) is 0 Å². The Morgan fingerprint density at radius 2 is 1.80 bits per heavy atom. The van der Waals surface area contributed by atoms with Gasteiger partial charge in [-0.05, 0) is 18.1 Å². The van der Waals surface area contributed by atoms with Crippen LogP contribution in [0.1, 0.15) is 13.8 Å². The quantitative estimate of drug-likeness (QED) is 0.562. The van der Waals surface area contributed by atoms with E-state index in [1.807, 2.05) is 18.6 Å². The average Bonchev–Trinajstić information content (AvgIpc) is 2.47. The minimum absolute atomic E-state index is 0.103. The molecule has 1 amide bonds. The summed E-state index contributed by atoms with van der Waals surface area (Å²) < 4.78 is 31.7. The molecule has 0 unspecified atom stereocenters. The molecular weight excluding hydrogens is 459 g/mol. The third-order valence-corrected chi connectivity index (χ3v) is 5.49. The number of sulfonamides is 1. The van der Waals surface area contributed by atoms with Crippen molar-refractivity contribution < 1.29 is 22.7 Å². The molecule has 11 heteroatoms. The first kappa shape index (κ1) is 22.2. The molecule has 0 heterocycles. The molecule has 7 nitrogen and oxygen atoms in total. The summed E-state index contributed by atoms with van der Waals surface area (Å²) in [6.45, 7) is 3.12. The van der Waals surface area contributed by atoms with Gasteiger partial charge >= 0.3 is 5.97 Å². The first-order valence-corrected chi connectivity index (χ1v) is 10.1. The van der Waals surface area contributed by atoms with Gasteiger partial charge in [-0.2, -0.15) is 4.72 Å². The number of amides is 1. The molecule has 0 radical (unpaired) electrons. The highest BCUT2D eigenvalue weighted by molar-refractivity contribution is 9.10. The van der Waals surface area contributed by atoms with Crippen molar-refractivity contribution in [3.05, 3.63) is 26.7 Å². The van der Waals surface area contributed by atoms with Gasteiger partial charge in [-0.1, -0.05) is 53.0 Å². The zero-order valence-corrected chi connectivity index (χ0v) is 17.4. The van der Waals surface area contributed by atoms with Gasteiger partial charge < -0.3 is 10.1 Å². The molecule has 1 aromatic carbocycles. The summed E-state index contributed by atoms with van der Waals surface area (Å²) in [5, 5.41) is 2.35. The number of nitrogens with one attached hydrogen (secondary N) is 2. The van der Waals surface area contributed by atoms with E-state index in [1.54, 1.807) is 0 Å². The lowest BCUT2D eigenvalue weighted by Crippen LogP contribution is -2.35. The fourth-order valence-electron chi connectivity index (χ4n) is 1.58. The Bertz CT molecular complexity index is 733. The second-order valence-electron chi connectivity index (χ2n) is 5.38. The Kier molecular flexibility index (Phi) is 8.62. The molecule has 1 rings (SSSR count). The molecule has 0 aromatic heterocycles. The van der Waals surface area contributed by atoms with E-state index in [9.17, 15) is 18.0 Å². The highest BCUT2D eigenvalue weighted by atomic mass is 79.9. The topological polar surface area (TPSA) is 102 Å². The number of hydrogen-bond donors (Lipinski definition) is 2. The Balaban J connectivity index is 2.59. The van der Waals surface area contributed by atoms with Gasteiger partial charge in [0.05, 0.1) is 10.0 Å². The first-order valence-electron chi connectivity index (χ1n) is 7.09. The van der Waals surface area contributed by atoms with Crippen LogP contribution < -0.4 is 10.0 Å². The van der Waals surface area contributed by atoms with Crippen molar-refractivity contribution in [1.82, 2.24) is 10.0 Å². The van der Waals surface area contributed by atoms with Gasteiger partial charge in [0.25, 0.3) is 5.91 Å². The van der Waals surface area contributed by atoms with E-state index in [4.69, 9.17) is 27.9 Å². The molecule has 0 aliphatic rings. The maximum atomic E-state index is 12.2. The molecule has 0 bridgehead atoms. The molecule has 1 aromatic rings. The Labute approximate surface area is 164 Å². The first-order chi connectivity index (χ1) is 11.5. The monoisotopic (exact) mass is 474 g/mol. The maximum absolute atomic E-state index is 12.2. The third-order valence-electron chi connectivity index (χ3n) is 2.71. The molecule has 0 atom stereocenters. The smallest absolute Gasteiger partial charge is 0.321 e. The van der Waals surface area contributed by atoms with E-state index in [2.05, 4.69) is 21.2 Å². The summed E-state index contributed by atoms with van der Waals surface area (Å²) in [7, 11) is -4.13. The van der Waals surface area contributed by atoms with E-state index in [0.29, 0.717) is 11.0 Å². The zero-order valence-electron chi connectivity index (χ0n) is 13.4. The summed E-state index contributed by atoms with van der Waals surface area (Å²) in [6.07, 6.45) is 0. The van der Waals surface area contributed by atoms with Crippen molar-refractivity contribution in [1.29, 1.82) is 0 Å². The van der Waals surface area contributed by atoms with Crippen LogP contribution in [0.5, 0.6) is 0 Å². The number of carbonyl (C=O) groups is 2. The van der Waals surface area contributed by atoms with Crippen LogP contribution in [0, 0.1) is 5.92 Å².